The fraction of sp³-hybridized carbons (Fsp3) is 0.412. The maximum Gasteiger partial charge on any atom is 0.255 e. The molecule has 116 valence electrons. The molecule has 1 aromatic carbocycles. The molecule has 0 radical (unpaired) electrons. The minimum Gasteiger partial charge on any atom is -0.349 e. The van der Waals surface area contributed by atoms with Gasteiger partial charge >= 0.3 is 0 Å². The van der Waals surface area contributed by atoms with E-state index in [-0.39, 0.29) is 17.9 Å². The van der Waals surface area contributed by atoms with E-state index in [1.807, 2.05) is 39.0 Å². The van der Waals surface area contributed by atoms with Gasteiger partial charge in [-0.3, -0.25) is 9.89 Å². The lowest BCUT2D eigenvalue weighted by Gasteiger charge is -2.08. The quantitative estimate of drug-likeness (QED) is 0.867. The van der Waals surface area contributed by atoms with Crippen molar-refractivity contribution in [2.75, 3.05) is 0 Å². The Labute approximate surface area is 138 Å². The number of nitrogens with one attached hydrogen (secondary N) is 2. The molecule has 5 heteroatoms. The highest BCUT2D eigenvalue weighted by Gasteiger charge is 2.41. The van der Waals surface area contributed by atoms with E-state index in [1.165, 1.54) is 5.56 Å². The zero-order chi connectivity index (χ0) is 15.9. The van der Waals surface area contributed by atoms with Gasteiger partial charge < -0.3 is 5.32 Å². The second-order valence-electron chi connectivity index (χ2n) is 6.21. The van der Waals surface area contributed by atoms with Crippen molar-refractivity contribution < 1.29 is 4.79 Å². The lowest BCUT2D eigenvalue weighted by atomic mass is 10.0. The van der Waals surface area contributed by atoms with Crippen LogP contribution in [0.4, 0.5) is 0 Å². The monoisotopic (exact) mass is 361 g/mol. The van der Waals surface area contributed by atoms with Gasteiger partial charge in [0, 0.05) is 22.1 Å². The van der Waals surface area contributed by atoms with E-state index in [2.05, 4.69) is 37.5 Å². The van der Waals surface area contributed by atoms with Crippen molar-refractivity contribution in [2.24, 2.45) is 0 Å². The molecular formula is C17H20BrN3O. The maximum absolute atomic E-state index is 12.6. The van der Waals surface area contributed by atoms with E-state index >= 15 is 0 Å². The van der Waals surface area contributed by atoms with Gasteiger partial charge in [-0.1, -0.05) is 48.0 Å². The number of aromatic nitrogens is 2. The number of rotatable bonds is 4. The highest BCUT2D eigenvalue weighted by molar-refractivity contribution is 9.10. The van der Waals surface area contributed by atoms with Crippen molar-refractivity contribution in [1.82, 2.24) is 15.5 Å². The number of carbonyl (C=O) groups excluding carboxylic acids is 1. The lowest BCUT2D eigenvalue weighted by molar-refractivity contribution is 0.0948. The molecule has 2 N–H and O–H groups in total. The fourth-order valence-electron chi connectivity index (χ4n) is 2.87. The predicted octanol–water partition coefficient (Wildman–Crippen LogP) is 3.89. The molecule has 2 aromatic rings. The van der Waals surface area contributed by atoms with Gasteiger partial charge in [-0.2, -0.15) is 5.10 Å². The Morgan fingerprint density at radius 3 is 2.82 bits per heavy atom. The van der Waals surface area contributed by atoms with Gasteiger partial charge in [-0.25, -0.2) is 0 Å². The summed E-state index contributed by atoms with van der Waals surface area (Å²) in [6.07, 6.45) is 0.988. The molecule has 22 heavy (non-hydrogen) atoms. The Morgan fingerprint density at radius 1 is 1.41 bits per heavy atom. The Balaban J connectivity index is 1.72. The first kappa shape index (κ1) is 15.3. The Bertz CT molecular complexity index is 708. The molecule has 0 saturated heterocycles. The number of amides is 1. The summed E-state index contributed by atoms with van der Waals surface area (Å²) in [5, 5.41) is 10.3. The van der Waals surface area contributed by atoms with Gasteiger partial charge in [-0.05, 0) is 30.9 Å². The molecule has 3 rings (SSSR count). The number of benzene rings is 1. The summed E-state index contributed by atoms with van der Waals surface area (Å²) < 4.78 is 1.11. The maximum atomic E-state index is 12.6. The van der Waals surface area contributed by atoms with Gasteiger partial charge in [0.1, 0.15) is 0 Å². The van der Waals surface area contributed by atoms with Crippen molar-refractivity contribution in [2.45, 2.75) is 45.1 Å². The zero-order valence-electron chi connectivity index (χ0n) is 13.0. The first-order valence-corrected chi connectivity index (χ1v) is 8.38. The summed E-state index contributed by atoms with van der Waals surface area (Å²) in [6, 6.07) is 8.41. The van der Waals surface area contributed by atoms with Crippen LogP contribution in [0, 0.1) is 6.92 Å². The van der Waals surface area contributed by atoms with Crippen LogP contribution in [0.3, 0.4) is 0 Å². The number of hydrogen-bond donors (Lipinski definition) is 2. The van der Waals surface area contributed by atoms with Crippen LogP contribution in [0.2, 0.25) is 0 Å². The molecule has 4 nitrogen and oxygen atoms in total. The summed E-state index contributed by atoms with van der Waals surface area (Å²) in [5.41, 5.74) is 3.64. The predicted molar refractivity (Wildman–Crippen MR) is 90.2 cm³/mol. The zero-order valence-corrected chi connectivity index (χ0v) is 14.6. The van der Waals surface area contributed by atoms with Gasteiger partial charge in [0.2, 0.25) is 0 Å². The average molecular weight is 362 g/mol. The SMILES string of the molecule is Cc1[nH]nc(C(C)C)c1C(=O)N[C@@H]1C[C@H]1c1ccccc1Br. The average Bonchev–Trinajstić information content (AvgIpc) is 3.10. The van der Waals surface area contributed by atoms with Crippen LogP contribution >= 0.6 is 15.9 Å². The minimum atomic E-state index is -0.0190. The Hall–Kier alpha value is -1.62. The first-order valence-electron chi connectivity index (χ1n) is 7.59. The van der Waals surface area contributed by atoms with E-state index in [4.69, 9.17) is 0 Å². The van der Waals surface area contributed by atoms with Crippen LogP contribution in [0.25, 0.3) is 0 Å². The van der Waals surface area contributed by atoms with E-state index in [0.29, 0.717) is 11.5 Å². The van der Waals surface area contributed by atoms with Crippen LogP contribution < -0.4 is 5.32 Å². The van der Waals surface area contributed by atoms with Crippen molar-refractivity contribution in [1.29, 1.82) is 0 Å². The van der Waals surface area contributed by atoms with Crippen molar-refractivity contribution >= 4 is 21.8 Å². The Morgan fingerprint density at radius 2 is 2.14 bits per heavy atom. The molecule has 2 atom stereocenters. The van der Waals surface area contributed by atoms with Crippen molar-refractivity contribution in [3.8, 4) is 0 Å². The summed E-state index contributed by atoms with van der Waals surface area (Å²) in [6.45, 7) is 5.99. The highest BCUT2D eigenvalue weighted by Crippen LogP contribution is 2.43. The third-order valence-electron chi connectivity index (χ3n) is 4.16. The molecule has 0 aliphatic heterocycles. The van der Waals surface area contributed by atoms with Crippen LogP contribution in [0.1, 0.15) is 59.4 Å². The number of aryl methyl sites for hydroxylation is 1. The number of carbonyl (C=O) groups is 1. The molecule has 0 bridgehead atoms. The largest absolute Gasteiger partial charge is 0.349 e. The van der Waals surface area contributed by atoms with Crippen LogP contribution in [-0.4, -0.2) is 22.1 Å². The lowest BCUT2D eigenvalue weighted by Crippen LogP contribution is -2.28. The number of nitrogens with zero attached hydrogens (tertiary/aromatic N) is 1. The summed E-state index contributed by atoms with van der Waals surface area (Å²) in [5.74, 6) is 0.604. The molecule has 1 fully saturated rings. The summed E-state index contributed by atoms with van der Waals surface area (Å²) in [7, 11) is 0. The third-order valence-corrected chi connectivity index (χ3v) is 4.88. The van der Waals surface area contributed by atoms with Crippen LogP contribution in [0.15, 0.2) is 28.7 Å². The molecule has 0 unspecified atom stereocenters. The molecule has 1 aromatic heterocycles. The van der Waals surface area contributed by atoms with E-state index in [9.17, 15) is 4.79 Å². The van der Waals surface area contributed by atoms with Gasteiger partial charge in [0.05, 0.1) is 11.3 Å². The highest BCUT2D eigenvalue weighted by atomic mass is 79.9. The number of halogens is 1. The molecule has 0 spiro atoms. The van der Waals surface area contributed by atoms with Crippen LogP contribution in [0.5, 0.6) is 0 Å². The Kier molecular flexibility index (Phi) is 4.08. The molecule has 1 aliphatic carbocycles. The topological polar surface area (TPSA) is 57.8 Å². The van der Waals surface area contributed by atoms with Gasteiger partial charge in [-0.15, -0.1) is 0 Å². The normalized spacial score (nSPS) is 20.2. The minimum absolute atomic E-state index is 0.0190. The fourth-order valence-corrected chi connectivity index (χ4v) is 3.45. The molecular weight excluding hydrogens is 342 g/mol. The second kappa shape index (κ2) is 5.88. The standard InChI is InChI=1S/C17H20BrN3O/c1-9(2)16-15(10(3)20-21-16)17(22)19-14-8-12(14)11-6-4-5-7-13(11)18/h4-7,9,12,14H,8H2,1-3H3,(H,19,22)(H,20,21)/t12-,14+/m0/s1. The molecule has 1 heterocycles. The number of H-pyrrole nitrogens is 1. The third kappa shape index (κ3) is 2.82. The van der Waals surface area contributed by atoms with E-state index in [1.54, 1.807) is 0 Å². The molecule has 1 aliphatic rings. The summed E-state index contributed by atoms with van der Waals surface area (Å²) >= 11 is 3.58. The van der Waals surface area contributed by atoms with E-state index < -0.39 is 0 Å². The van der Waals surface area contributed by atoms with Crippen molar-refractivity contribution in [3.63, 3.8) is 0 Å². The smallest absolute Gasteiger partial charge is 0.255 e. The van der Waals surface area contributed by atoms with Crippen molar-refractivity contribution in [3.05, 3.63) is 51.3 Å². The number of hydrogen-bond acceptors (Lipinski definition) is 2. The second-order valence-corrected chi connectivity index (χ2v) is 7.06. The van der Waals surface area contributed by atoms with E-state index in [0.717, 1.165) is 22.3 Å². The number of aromatic amines is 1. The van der Waals surface area contributed by atoms with Gasteiger partial charge in [0.25, 0.3) is 5.91 Å². The first-order chi connectivity index (χ1) is 10.5. The van der Waals surface area contributed by atoms with Gasteiger partial charge in [0.15, 0.2) is 0 Å². The van der Waals surface area contributed by atoms with Crippen LogP contribution in [-0.2, 0) is 0 Å². The molecule has 1 saturated carbocycles. The molecule has 1 amide bonds. The summed E-state index contributed by atoms with van der Waals surface area (Å²) in [4.78, 5) is 12.6.